The Morgan fingerprint density at radius 1 is 1.16 bits per heavy atom. The van der Waals surface area contributed by atoms with E-state index in [1.54, 1.807) is 24.3 Å². The Morgan fingerprint density at radius 3 is 2.52 bits per heavy atom. The van der Waals surface area contributed by atoms with Crippen LogP contribution in [-0.4, -0.2) is 58.1 Å². The van der Waals surface area contributed by atoms with Crippen LogP contribution in [0.3, 0.4) is 0 Å². The summed E-state index contributed by atoms with van der Waals surface area (Å²) in [6, 6.07) is 11.2. The molecule has 0 radical (unpaired) electrons. The number of carbonyl (C=O) groups is 2. The van der Waals surface area contributed by atoms with Crippen molar-refractivity contribution in [2.45, 2.75) is 6.04 Å². The van der Waals surface area contributed by atoms with E-state index < -0.39 is 28.4 Å². The van der Waals surface area contributed by atoms with Gasteiger partial charge in [-0.3, -0.25) is 19.7 Å². The van der Waals surface area contributed by atoms with Gasteiger partial charge in [0, 0.05) is 28.7 Å². The minimum atomic E-state index is -0.898. The minimum Gasteiger partial charge on any atom is -0.507 e. The highest BCUT2D eigenvalue weighted by molar-refractivity contribution is 9.10. The number of rotatable bonds is 8. The SMILES string of the molecule is O=C1C(=O)N(CCOCCO)[C@H](c2ccc(Br)cc2)C1=C(O)c1cccc([N+](=O)[O-])c1. The van der Waals surface area contributed by atoms with Gasteiger partial charge in [-0.1, -0.05) is 40.2 Å². The first-order valence-corrected chi connectivity index (χ1v) is 10.1. The number of carbonyl (C=O) groups excluding carboxylic acids is 2. The van der Waals surface area contributed by atoms with E-state index in [1.807, 2.05) is 0 Å². The molecule has 9 nitrogen and oxygen atoms in total. The number of halogens is 1. The Balaban J connectivity index is 2.09. The summed E-state index contributed by atoms with van der Waals surface area (Å²) in [5.74, 6) is -2.19. The van der Waals surface area contributed by atoms with E-state index in [9.17, 15) is 24.8 Å². The van der Waals surface area contributed by atoms with Gasteiger partial charge in [0.1, 0.15) is 5.76 Å². The molecule has 1 amide bonds. The number of nitrogens with zero attached hydrogens (tertiary/aromatic N) is 2. The normalized spacial score (nSPS) is 17.9. The van der Waals surface area contributed by atoms with Crippen molar-refractivity contribution in [3.63, 3.8) is 0 Å². The molecule has 10 heteroatoms. The zero-order valence-corrected chi connectivity index (χ0v) is 17.8. The molecule has 1 atom stereocenters. The average Bonchev–Trinajstić information content (AvgIpc) is 3.01. The molecule has 0 spiro atoms. The molecule has 162 valence electrons. The van der Waals surface area contributed by atoms with Crippen LogP contribution in [-0.2, 0) is 14.3 Å². The van der Waals surface area contributed by atoms with Gasteiger partial charge < -0.3 is 19.8 Å². The lowest BCUT2D eigenvalue weighted by atomic mass is 9.95. The van der Waals surface area contributed by atoms with Gasteiger partial charge in [0.25, 0.3) is 17.4 Å². The summed E-state index contributed by atoms with van der Waals surface area (Å²) >= 11 is 3.34. The number of Topliss-reactive ketones (excluding diaryl/α,β-unsaturated/α-hetero) is 1. The van der Waals surface area contributed by atoms with E-state index >= 15 is 0 Å². The van der Waals surface area contributed by atoms with E-state index in [-0.39, 0.29) is 43.2 Å². The number of ketones is 1. The third kappa shape index (κ3) is 4.82. The molecule has 0 unspecified atom stereocenters. The number of nitro benzene ring substituents is 1. The summed E-state index contributed by atoms with van der Waals surface area (Å²) in [6.45, 7) is 0.0385. The molecule has 1 fully saturated rings. The Kier molecular flexibility index (Phi) is 7.16. The van der Waals surface area contributed by atoms with Gasteiger partial charge in [-0.05, 0) is 17.7 Å². The third-order valence-electron chi connectivity index (χ3n) is 4.77. The maximum Gasteiger partial charge on any atom is 0.295 e. The molecule has 1 saturated heterocycles. The van der Waals surface area contributed by atoms with Gasteiger partial charge in [0.15, 0.2) is 0 Å². The lowest BCUT2D eigenvalue weighted by Gasteiger charge is -2.25. The molecule has 1 aliphatic heterocycles. The number of hydrogen-bond acceptors (Lipinski definition) is 7. The molecule has 1 heterocycles. The number of ether oxygens (including phenoxy) is 1. The number of aliphatic hydroxyl groups is 2. The Morgan fingerprint density at radius 2 is 1.87 bits per heavy atom. The number of amides is 1. The van der Waals surface area contributed by atoms with Crippen molar-refractivity contribution in [1.29, 1.82) is 0 Å². The van der Waals surface area contributed by atoms with Crippen molar-refractivity contribution in [2.75, 3.05) is 26.4 Å². The second-order valence-electron chi connectivity index (χ2n) is 6.69. The summed E-state index contributed by atoms with van der Waals surface area (Å²) in [5, 5.41) is 30.9. The van der Waals surface area contributed by atoms with Crippen molar-refractivity contribution in [3.8, 4) is 0 Å². The summed E-state index contributed by atoms with van der Waals surface area (Å²) in [6.07, 6.45) is 0. The first kappa shape index (κ1) is 22.6. The number of non-ortho nitro benzene ring substituents is 1. The number of hydrogen-bond donors (Lipinski definition) is 2. The summed E-state index contributed by atoms with van der Waals surface area (Å²) in [7, 11) is 0. The highest BCUT2D eigenvalue weighted by atomic mass is 79.9. The third-order valence-corrected chi connectivity index (χ3v) is 5.30. The fraction of sp³-hybridized carbons (Fsp3) is 0.238. The molecule has 1 aliphatic rings. The first-order valence-electron chi connectivity index (χ1n) is 9.32. The zero-order chi connectivity index (χ0) is 22.5. The maximum atomic E-state index is 12.9. The maximum absolute atomic E-state index is 12.9. The van der Waals surface area contributed by atoms with E-state index in [0.29, 0.717) is 5.56 Å². The quantitative estimate of drug-likeness (QED) is 0.145. The number of benzene rings is 2. The van der Waals surface area contributed by atoms with Gasteiger partial charge in [-0.25, -0.2) is 0 Å². The van der Waals surface area contributed by atoms with Crippen LogP contribution in [0.15, 0.2) is 58.6 Å². The molecule has 0 saturated carbocycles. The van der Waals surface area contributed by atoms with Crippen molar-refractivity contribution in [1.82, 2.24) is 4.90 Å². The Labute approximate surface area is 185 Å². The van der Waals surface area contributed by atoms with E-state index in [4.69, 9.17) is 9.84 Å². The fourth-order valence-electron chi connectivity index (χ4n) is 3.35. The zero-order valence-electron chi connectivity index (χ0n) is 16.2. The average molecular weight is 491 g/mol. The Hall–Kier alpha value is -3.08. The molecular weight excluding hydrogens is 472 g/mol. The van der Waals surface area contributed by atoms with Crippen LogP contribution in [0.2, 0.25) is 0 Å². The number of aliphatic hydroxyl groups excluding tert-OH is 2. The molecule has 31 heavy (non-hydrogen) atoms. The lowest BCUT2D eigenvalue weighted by Crippen LogP contribution is -2.33. The summed E-state index contributed by atoms with van der Waals surface area (Å²) in [5.41, 5.74) is 0.230. The second kappa shape index (κ2) is 9.82. The van der Waals surface area contributed by atoms with Crippen LogP contribution in [0.1, 0.15) is 17.2 Å². The molecule has 0 bridgehead atoms. The van der Waals surface area contributed by atoms with Crippen molar-refractivity contribution < 1.29 is 29.5 Å². The molecule has 0 aliphatic carbocycles. The highest BCUT2D eigenvalue weighted by Crippen LogP contribution is 2.39. The monoisotopic (exact) mass is 490 g/mol. The molecule has 3 rings (SSSR count). The Bertz CT molecular complexity index is 1040. The fourth-order valence-corrected chi connectivity index (χ4v) is 3.62. The molecular formula is C21H19BrN2O7. The largest absolute Gasteiger partial charge is 0.507 e. The molecule has 2 aromatic rings. The van der Waals surface area contributed by atoms with E-state index in [0.717, 1.165) is 10.5 Å². The van der Waals surface area contributed by atoms with Crippen LogP contribution in [0.4, 0.5) is 5.69 Å². The topological polar surface area (TPSA) is 130 Å². The van der Waals surface area contributed by atoms with Crippen LogP contribution < -0.4 is 0 Å². The van der Waals surface area contributed by atoms with Crippen molar-refractivity contribution >= 4 is 39.1 Å². The lowest BCUT2D eigenvalue weighted by molar-refractivity contribution is -0.384. The number of likely N-dealkylation sites (tertiary alicyclic amines) is 1. The second-order valence-corrected chi connectivity index (χ2v) is 7.60. The van der Waals surface area contributed by atoms with Gasteiger partial charge >= 0.3 is 0 Å². The van der Waals surface area contributed by atoms with Gasteiger partial charge in [-0.2, -0.15) is 0 Å². The predicted octanol–water partition coefficient (Wildman–Crippen LogP) is 2.79. The van der Waals surface area contributed by atoms with Gasteiger partial charge in [-0.15, -0.1) is 0 Å². The molecule has 2 aromatic carbocycles. The van der Waals surface area contributed by atoms with E-state index in [1.165, 1.54) is 23.1 Å². The van der Waals surface area contributed by atoms with Crippen LogP contribution in [0.5, 0.6) is 0 Å². The van der Waals surface area contributed by atoms with E-state index in [2.05, 4.69) is 15.9 Å². The standard InChI is InChI=1S/C21H19BrN2O7/c22-15-6-4-13(5-7-15)18-17(19(26)14-2-1-3-16(12-14)24(29)30)20(27)21(28)23(18)8-10-31-11-9-25/h1-7,12,18,25-26H,8-11H2/t18-/m1/s1. The molecule has 0 aromatic heterocycles. The minimum absolute atomic E-state index is 0.0526. The van der Waals surface area contributed by atoms with Gasteiger partial charge in [0.2, 0.25) is 0 Å². The number of nitro groups is 1. The first-order chi connectivity index (χ1) is 14.8. The highest BCUT2D eigenvalue weighted by Gasteiger charge is 2.45. The van der Waals surface area contributed by atoms with Crippen LogP contribution >= 0.6 is 15.9 Å². The van der Waals surface area contributed by atoms with Crippen LogP contribution in [0, 0.1) is 10.1 Å². The summed E-state index contributed by atoms with van der Waals surface area (Å²) in [4.78, 5) is 37.4. The molecule has 2 N–H and O–H groups in total. The van der Waals surface area contributed by atoms with Crippen LogP contribution in [0.25, 0.3) is 5.76 Å². The predicted molar refractivity (Wildman–Crippen MR) is 114 cm³/mol. The smallest absolute Gasteiger partial charge is 0.295 e. The van der Waals surface area contributed by atoms with Crippen molar-refractivity contribution in [2.24, 2.45) is 0 Å². The van der Waals surface area contributed by atoms with Gasteiger partial charge in [0.05, 0.1) is 36.4 Å². The summed E-state index contributed by atoms with van der Waals surface area (Å²) < 4.78 is 6.03. The van der Waals surface area contributed by atoms with Crippen molar-refractivity contribution in [3.05, 3.63) is 79.8 Å².